The quantitative estimate of drug-likeness (QED) is 0.751. The third-order valence-corrected chi connectivity index (χ3v) is 3.10. The van der Waals surface area contributed by atoms with Gasteiger partial charge in [-0.2, -0.15) is 0 Å². The van der Waals surface area contributed by atoms with Crippen LogP contribution in [-0.4, -0.2) is 13.2 Å². The lowest BCUT2D eigenvalue weighted by Crippen LogP contribution is -2.23. The van der Waals surface area contributed by atoms with Crippen LogP contribution in [0.2, 0.25) is 5.02 Å². The predicted molar refractivity (Wildman–Crippen MR) is 73.6 cm³/mol. The first kappa shape index (κ1) is 14.3. The summed E-state index contributed by atoms with van der Waals surface area (Å²) in [4.78, 5) is 0. The van der Waals surface area contributed by atoms with Crippen molar-refractivity contribution in [3.63, 3.8) is 0 Å². The van der Waals surface area contributed by atoms with E-state index in [1.807, 2.05) is 24.3 Å². The molecular formula is C14H22ClNO. The first-order valence-corrected chi connectivity index (χ1v) is 6.50. The molecule has 0 heterocycles. The number of hydrogen-bond donors (Lipinski definition) is 1. The summed E-state index contributed by atoms with van der Waals surface area (Å²) in [5, 5.41) is 0.715. The van der Waals surface area contributed by atoms with Crippen LogP contribution in [0.1, 0.15) is 33.1 Å². The van der Waals surface area contributed by atoms with E-state index in [-0.39, 0.29) is 5.41 Å². The second-order valence-electron chi connectivity index (χ2n) is 5.13. The van der Waals surface area contributed by atoms with E-state index in [9.17, 15) is 0 Å². The van der Waals surface area contributed by atoms with Gasteiger partial charge in [0.25, 0.3) is 0 Å². The van der Waals surface area contributed by atoms with Crippen molar-refractivity contribution in [3.8, 4) is 5.75 Å². The number of nitrogens with two attached hydrogens (primary N) is 1. The van der Waals surface area contributed by atoms with E-state index in [0.717, 1.165) is 38.2 Å². The average molecular weight is 256 g/mol. The Kier molecular flexibility index (Phi) is 5.79. The molecular weight excluding hydrogens is 234 g/mol. The van der Waals surface area contributed by atoms with Crippen molar-refractivity contribution in [2.45, 2.75) is 33.1 Å². The molecule has 0 radical (unpaired) electrons. The zero-order chi connectivity index (χ0) is 12.7. The summed E-state index contributed by atoms with van der Waals surface area (Å²) in [5.74, 6) is 0.843. The monoisotopic (exact) mass is 255 g/mol. The van der Waals surface area contributed by atoms with E-state index in [0.29, 0.717) is 5.02 Å². The largest absolute Gasteiger partial charge is 0.494 e. The van der Waals surface area contributed by atoms with Crippen LogP contribution >= 0.6 is 11.6 Å². The molecule has 1 rings (SSSR count). The Morgan fingerprint density at radius 3 is 2.71 bits per heavy atom. The molecule has 96 valence electrons. The molecule has 0 saturated carbocycles. The third-order valence-electron chi connectivity index (χ3n) is 2.87. The Hall–Kier alpha value is -0.730. The van der Waals surface area contributed by atoms with Gasteiger partial charge in [-0.15, -0.1) is 0 Å². The summed E-state index contributed by atoms with van der Waals surface area (Å²) in [6, 6.07) is 7.51. The van der Waals surface area contributed by atoms with E-state index >= 15 is 0 Å². The van der Waals surface area contributed by atoms with E-state index < -0.39 is 0 Å². The maximum absolute atomic E-state index is 5.87. The molecule has 0 unspecified atom stereocenters. The number of rotatable bonds is 7. The number of ether oxygens (including phenoxy) is 1. The average Bonchev–Trinajstić information content (AvgIpc) is 2.29. The summed E-state index contributed by atoms with van der Waals surface area (Å²) in [6.07, 6.45) is 3.34. The van der Waals surface area contributed by atoms with E-state index in [1.165, 1.54) is 0 Å². The third kappa shape index (κ3) is 5.94. The van der Waals surface area contributed by atoms with Crippen molar-refractivity contribution >= 4 is 11.6 Å². The van der Waals surface area contributed by atoms with Crippen LogP contribution in [0, 0.1) is 5.41 Å². The van der Waals surface area contributed by atoms with Crippen molar-refractivity contribution in [2.75, 3.05) is 13.2 Å². The van der Waals surface area contributed by atoms with E-state index in [1.54, 1.807) is 0 Å². The molecule has 0 atom stereocenters. The van der Waals surface area contributed by atoms with Gasteiger partial charge in [-0.3, -0.25) is 0 Å². The van der Waals surface area contributed by atoms with Gasteiger partial charge in [0, 0.05) is 5.02 Å². The van der Waals surface area contributed by atoms with Crippen LogP contribution in [0.4, 0.5) is 0 Å². The Morgan fingerprint density at radius 2 is 2.06 bits per heavy atom. The molecule has 17 heavy (non-hydrogen) atoms. The molecule has 0 aliphatic heterocycles. The molecule has 0 aliphatic carbocycles. The van der Waals surface area contributed by atoms with E-state index in [4.69, 9.17) is 22.1 Å². The molecule has 3 heteroatoms. The standard InChI is InChI=1S/C14H22ClNO/c1-14(2,11-16)8-3-4-9-17-13-7-5-6-12(15)10-13/h5-7,10H,3-4,8-9,11,16H2,1-2H3. The van der Waals surface area contributed by atoms with Gasteiger partial charge >= 0.3 is 0 Å². The second kappa shape index (κ2) is 6.87. The normalized spacial score (nSPS) is 11.5. The van der Waals surface area contributed by atoms with Gasteiger partial charge in [-0.05, 0) is 49.4 Å². The topological polar surface area (TPSA) is 35.2 Å². The lowest BCUT2D eigenvalue weighted by molar-refractivity contribution is 0.279. The van der Waals surface area contributed by atoms with Crippen LogP contribution in [-0.2, 0) is 0 Å². The summed E-state index contributed by atoms with van der Waals surface area (Å²) < 4.78 is 5.62. The van der Waals surface area contributed by atoms with Gasteiger partial charge < -0.3 is 10.5 Å². The van der Waals surface area contributed by atoms with Gasteiger partial charge in [0.05, 0.1) is 6.61 Å². The summed E-state index contributed by atoms with van der Waals surface area (Å²) in [6.45, 7) is 5.87. The number of halogens is 1. The van der Waals surface area contributed by atoms with Crippen molar-refractivity contribution in [1.82, 2.24) is 0 Å². The van der Waals surface area contributed by atoms with Gasteiger partial charge in [0.15, 0.2) is 0 Å². The fourth-order valence-corrected chi connectivity index (χ4v) is 1.73. The maximum atomic E-state index is 5.87. The van der Waals surface area contributed by atoms with Crippen molar-refractivity contribution in [2.24, 2.45) is 11.1 Å². The zero-order valence-corrected chi connectivity index (χ0v) is 11.5. The first-order valence-electron chi connectivity index (χ1n) is 6.12. The van der Waals surface area contributed by atoms with Crippen molar-refractivity contribution in [1.29, 1.82) is 0 Å². The van der Waals surface area contributed by atoms with Crippen LogP contribution in [0.5, 0.6) is 5.75 Å². The fraction of sp³-hybridized carbons (Fsp3) is 0.571. The van der Waals surface area contributed by atoms with Crippen LogP contribution < -0.4 is 10.5 Å². The molecule has 2 N–H and O–H groups in total. The second-order valence-corrected chi connectivity index (χ2v) is 5.57. The molecule has 0 aromatic heterocycles. The predicted octanol–water partition coefficient (Wildman–Crippen LogP) is 3.87. The first-order chi connectivity index (χ1) is 8.03. The maximum Gasteiger partial charge on any atom is 0.120 e. The zero-order valence-electron chi connectivity index (χ0n) is 10.7. The Balaban J connectivity index is 2.17. The van der Waals surface area contributed by atoms with Crippen molar-refractivity contribution in [3.05, 3.63) is 29.3 Å². The Labute approximate surface area is 109 Å². The fourth-order valence-electron chi connectivity index (χ4n) is 1.55. The lowest BCUT2D eigenvalue weighted by atomic mass is 9.87. The minimum Gasteiger partial charge on any atom is -0.494 e. The molecule has 2 nitrogen and oxygen atoms in total. The molecule has 0 bridgehead atoms. The Morgan fingerprint density at radius 1 is 1.29 bits per heavy atom. The van der Waals surface area contributed by atoms with Gasteiger partial charge in [-0.25, -0.2) is 0 Å². The number of unbranched alkanes of at least 4 members (excludes halogenated alkanes) is 1. The Bertz CT molecular complexity index is 339. The minimum atomic E-state index is 0.246. The molecule has 1 aromatic rings. The smallest absolute Gasteiger partial charge is 0.120 e. The number of benzene rings is 1. The SMILES string of the molecule is CC(C)(CN)CCCCOc1cccc(Cl)c1. The summed E-state index contributed by atoms with van der Waals surface area (Å²) >= 11 is 5.87. The van der Waals surface area contributed by atoms with Gasteiger partial charge in [0.2, 0.25) is 0 Å². The summed E-state index contributed by atoms with van der Waals surface area (Å²) in [5.41, 5.74) is 5.93. The molecule has 1 aromatic carbocycles. The molecule has 0 saturated heterocycles. The van der Waals surface area contributed by atoms with Crippen LogP contribution in [0.15, 0.2) is 24.3 Å². The van der Waals surface area contributed by atoms with Crippen LogP contribution in [0.3, 0.4) is 0 Å². The molecule has 0 aliphatic rings. The van der Waals surface area contributed by atoms with Crippen molar-refractivity contribution < 1.29 is 4.74 Å². The number of hydrogen-bond acceptors (Lipinski definition) is 2. The highest BCUT2D eigenvalue weighted by Gasteiger charge is 2.14. The summed E-state index contributed by atoms with van der Waals surface area (Å²) in [7, 11) is 0. The highest BCUT2D eigenvalue weighted by atomic mass is 35.5. The molecule has 0 fully saturated rings. The van der Waals surface area contributed by atoms with Gasteiger partial charge in [-0.1, -0.05) is 31.5 Å². The highest BCUT2D eigenvalue weighted by Crippen LogP contribution is 2.22. The van der Waals surface area contributed by atoms with Crippen LogP contribution in [0.25, 0.3) is 0 Å². The molecule has 0 spiro atoms. The van der Waals surface area contributed by atoms with Gasteiger partial charge in [0.1, 0.15) is 5.75 Å². The minimum absolute atomic E-state index is 0.246. The lowest BCUT2D eigenvalue weighted by Gasteiger charge is -2.21. The highest BCUT2D eigenvalue weighted by molar-refractivity contribution is 6.30. The van der Waals surface area contributed by atoms with E-state index in [2.05, 4.69) is 13.8 Å². The molecule has 0 amide bonds.